The van der Waals surface area contributed by atoms with E-state index in [9.17, 15) is 14.4 Å². The van der Waals surface area contributed by atoms with Crippen LogP contribution >= 0.6 is 0 Å². The largest absolute Gasteiger partial charge is 0.336 e. The highest BCUT2D eigenvalue weighted by Gasteiger charge is 2.34. The van der Waals surface area contributed by atoms with E-state index in [1.807, 2.05) is 13.8 Å². The summed E-state index contributed by atoms with van der Waals surface area (Å²) in [5, 5.41) is 3.22. The Morgan fingerprint density at radius 1 is 1.20 bits per heavy atom. The van der Waals surface area contributed by atoms with Gasteiger partial charge in [0.25, 0.3) is 0 Å². The molecular weight excluding hydrogens is 260 g/mol. The van der Waals surface area contributed by atoms with Gasteiger partial charge in [-0.1, -0.05) is 0 Å². The van der Waals surface area contributed by atoms with Gasteiger partial charge < -0.3 is 20.0 Å². The third-order valence-electron chi connectivity index (χ3n) is 3.93. The SMILES string of the molecule is CCN1CCN(CC(=O)N2CCNC[C@@H]2C)C(=O)C1=O. The molecule has 0 aromatic carbocycles. The minimum absolute atomic E-state index is 0.00642. The Morgan fingerprint density at radius 3 is 2.50 bits per heavy atom. The molecule has 0 bridgehead atoms. The molecule has 0 aromatic rings. The topological polar surface area (TPSA) is 73.0 Å². The van der Waals surface area contributed by atoms with Gasteiger partial charge in [-0.25, -0.2) is 0 Å². The van der Waals surface area contributed by atoms with Gasteiger partial charge in [-0.15, -0.1) is 0 Å². The maximum Gasteiger partial charge on any atom is 0.312 e. The summed E-state index contributed by atoms with van der Waals surface area (Å²) in [6.07, 6.45) is 0. The first-order valence-electron chi connectivity index (χ1n) is 7.13. The lowest BCUT2D eigenvalue weighted by Gasteiger charge is -2.37. The van der Waals surface area contributed by atoms with E-state index in [1.54, 1.807) is 4.90 Å². The highest BCUT2D eigenvalue weighted by atomic mass is 16.2. The second kappa shape index (κ2) is 6.21. The fourth-order valence-corrected chi connectivity index (χ4v) is 2.63. The van der Waals surface area contributed by atoms with Gasteiger partial charge >= 0.3 is 11.8 Å². The quantitative estimate of drug-likeness (QED) is 0.639. The molecule has 2 aliphatic rings. The van der Waals surface area contributed by atoms with Gasteiger partial charge in [-0.2, -0.15) is 0 Å². The van der Waals surface area contributed by atoms with Gasteiger partial charge in [0.2, 0.25) is 5.91 Å². The van der Waals surface area contributed by atoms with Crippen LogP contribution in [0.4, 0.5) is 0 Å². The molecule has 1 N–H and O–H groups in total. The molecule has 0 saturated carbocycles. The Kier molecular flexibility index (Phi) is 4.59. The number of amides is 3. The molecule has 7 heteroatoms. The average Bonchev–Trinajstić information content (AvgIpc) is 2.44. The average molecular weight is 282 g/mol. The molecule has 0 aromatic heterocycles. The summed E-state index contributed by atoms with van der Waals surface area (Å²) in [6, 6.07) is 0.124. The van der Waals surface area contributed by atoms with E-state index in [2.05, 4.69) is 5.32 Å². The zero-order valence-corrected chi connectivity index (χ0v) is 12.1. The van der Waals surface area contributed by atoms with Crippen LogP contribution in [0.25, 0.3) is 0 Å². The van der Waals surface area contributed by atoms with E-state index in [0.29, 0.717) is 26.2 Å². The fourth-order valence-electron chi connectivity index (χ4n) is 2.63. The molecule has 0 aliphatic carbocycles. The maximum atomic E-state index is 12.3. The lowest BCUT2D eigenvalue weighted by atomic mass is 10.2. The lowest BCUT2D eigenvalue weighted by Crippen LogP contribution is -2.59. The van der Waals surface area contributed by atoms with Gasteiger partial charge in [0.15, 0.2) is 0 Å². The molecule has 112 valence electrons. The number of hydrogen-bond donors (Lipinski definition) is 1. The summed E-state index contributed by atoms with van der Waals surface area (Å²) in [5.41, 5.74) is 0. The van der Waals surface area contributed by atoms with E-state index in [4.69, 9.17) is 0 Å². The molecule has 2 aliphatic heterocycles. The maximum absolute atomic E-state index is 12.3. The van der Waals surface area contributed by atoms with Gasteiger partial charge in [0.1, 0.15) is 6.54 Å². The Hall–Kier alpha value is -1.63. The van der Waals surface area contributed by atoms with Crippen LogP contribution in [-0.2, 0) is 14.4 Å². The van der Waals surface area contributed by atoms with Crippen LogP contribution in [0.1, 0.15) is 13.8 Å². The number of piperazine rings is 2. The van der Waals surface area contributed by atoms with Crippen molar-refractivity contribution in [1.29, 1.82) is 0 Å². The number of carbonyl (C=O) groups excluding carboxylic acids is 3. The molecular formula is C13H22N4O3. The summed E-state index contributed by atoms with van der Waals surface area (Å²) in [6.45, 7) is 7.48. The molecule has 1 atom stereocenters. The Bertz CT molecular complexity index is 412. The predicted molar refractivity (Wildman–Crippen MR) is 72.9 cm³/mol. The number of likely N-dealkylation sites (N-methyl/N-ethyl adjacent to an activating group) is 1. The number of hydrogen-bond acceptors (Lipinski definition) is 4. The van der Waals surface area contributed by atoms with E-state index >= 15 is 0 Å². The second-order valence-electron chi connectivity index (χ2n) is 5.25. The molecule has 7 nitrogen and oxygen atoms in total. The zero-order valence-electron chi connectivity index (χ0n) is 12.1. The van der Waals surface area contributed by atoms with Gasteiger partial charge in [0.05, 0.1) is 0 Å². The van der Waals surface area contributed by atoms with E-state index in [-0.39, 0.29) is 18.5 Å². The first kappa shape index (κ1) is 14.8. The molecule has 2 heterocycles. The Morgan fingerprint density at radius 2 is 1.85 bits per heavy atom. The Balaban J connectivity index is 1.94. The van der Waals surface area contributed by atoms with Crippen LogP contribution in [0.3, 0.4) is 0 Å². The standard InChI is InChI=1S/C13H22N4O3/c1-3-15-6-7-16(13(20)12(15)19)9-11(18)17-5-4-14-8-10(17)2/h10,14H,3-9H2,1-2H3/t10-/m0/s1. The monoisotopic (exact) mass is 282 g/mol. The smallest absolute Gasteiger partial charge is 0.312 e. The summed E-state index contributed by atoms with van der Waals surface area (Å²) in [7, 11) is 0. The van der Waals surface area contributed by atoms with Crippen molar-refractivity contribution in [1.82, 2.24) is 20.0 Å². The minimum atomic E-state index is -0.561. The van der Waals surface area contributed by atoms with Crippen LogP contribution in [0, 0.1) is 0 Å². The summed E-state index contributed by atoms with van der Waals surface area (Å²) in [4.78, 5) is 40.6. The fraction of sp³-hybridized carbons (Fsp3) is 0.769. The van der Waals surface area contributed by atoms with E-state index < -0.39 is 11.8 Å². The molecule has 20 heavy (non-hydrogen) atoms. The number of rotatable bonds is 3. The van der Waals surface area contributed by atoms with Crippen LogP contribution < -0.4 is 5.32 Å². The van der Waals surface area contributed by atoms with Crippen molar-refractivity contribution in [3.05, 3.63) is 0 Å². The molecule has 3 amide bonds. The molecule has 0 unspecified atom stereocenters. The molecule has 2 rings (SSSR count). The zero-order chi connectivity index (χ0) is 14.7. The highest BCUT2D eigenvalue weighted by Crippen LogP contribution is 2.08. The molecule has 2 saturated heterocycles. The normalized spacial score (nSPS) is 24.3. The molecule has 0 spiro atoms. The van der Waals surface area contributed by atoms with Crippen LogP contribution in [-0.4, -0.2) is 84.3 Å². The van der Waals surface area contributed by atoms with Crippen LogP contribution in [0.15, 0.2) is 0 Å². The number of nitrogens with one attached hydrogen (secondary N) is 1. The second-order valence-corrected chi connectivity index (χ2v) is 5.25. The third kappa shape index (κ3) is 2.92. The van der Waals surface area contributed by atoms with Crippen molar-refractivity contribution < 1.29 is 14.4 Å². The first-order chi connectivity index (χ1) is 9.54. The third-order valence-corrected chi connectivity index (χ3v) is 3.93. The van der Waals surface area contributed by atoms with E-state index in [1.165, 1.54) is 9.80 Å². The van der Waals surface area contributed by atoms with Gasteiger partial charge in [-0.05, 0) is 13.8 Å². The van der Waals surface area contributed by atoms with E-state index in [0.717, 1.165) is 13.1 Å². The molecule has 2 fully saturated rings. The van der Waals surface area contributed by atoms with Crippen LogP contribution in [0.5, 0.6) is 0 Å². The highest BCUT2D eigenvalue weighted by molar-refractivity contribution is 6.35. The van der Waals surface area contributed by atoms with Crippen molar-refractivity contribution in [2.24, 2.45) is 0 Å². The predicted octanol–water partition coefficient (Wildman–Crippen LogP) is -1.50. The summed E-state index contributed by atoms with van der Waals surface area (Å²) < 4.78 is 0. The minimum Gasteiger partial charge on any atom is -0.336 e. The van der Waals surface area contributed by atoms with Crippen molar-refractivity contribution in [3.63, 3.8) is 0 Å². The van der Waals surface area contributed by atoms with Crippen molar-refractivity contribution >= 4 is 17.7 Å². The van der Waals surface area contributed by atoms with Crippen molar-refractivity contribution in [2.75, 3.05) is 45.8 Å². The number of carbonyl (C=O) groups is 3. The summed E-state index contributed by atoms with van der Waals surface area (Å²) >= 11 is 0. The van der Waals surface area contributed by atoms with Crippen molar-refractivity contribution in [3.8, 4) is 0 Å². The van der Waals surface area contributed by atoms with Gasteiger partial charge in [-0.3, -0.25) is 14.4 Å². The van der Waals surface area contributed by atoms with Crippen LogP contribution in [0.2, 0.25) is 0 Å². The molecule has 0 radical (unpaired) electrons. The first-order valence-corrected chi connectivity index (χ1v) is 7.13. The summed E-state index contributed by atoms with van der Waals surface area (Å²) in [5.74, 6) is -1.14. The number of nitrogens with zero attached hydrogens (tertiary/aromatic N) is 3. The van der Waals surface area contributed by atoms with Crippen molar-refractivity contribution in [2.45, 2.75) is 19.9 Å². The lowest BCUT2D eigenvalue weighted by molar-refractivity contribution is -0.157. The Labute approximate surface area is 118 Å². The van der Waals surface area contributed by atoms with Gasteiger partial charge in [0, 0.05) is 45.3 Å².